The van der Waals surface area contributed by atoms with Gasteiger partial charge >= 0.3 is 0 Å². The second kappa shape index (κ2) is 11.8. The Morgan fingerprint density at radius 1 is 0.889 bits per heavy atom. The van der Waals surface area contributed by atoms with Crippen LogP contribution >= 0.6 is 0 Å². The number of carbonyl (C=O) groups excluding carboxylic acids is 1. The molecular formula is C28H29N3O4S. The van der Waals surface area contributed by atoms with Crippen LogP contribution in [-0.2, 0) is 33.4 Å². The first-order valence-corrected chi connectivity index (χ1v) is 13.3. The third-order valence-corrected chi connectivity index (χ3v) is 7.38. The third kappa shape index (κ3) is 6.27. The standard InChI is InChI=1S/C28H29N3O4S/c1-35-18-17-30(27(32)25-15-9-4-10-16-25)21-26-19-29-28(31(26)20-23-11-5-2-6-12-23)36(33,34)22-24-13-7-3-8-14-24/h2-16,19H,17-18,20-22H2,1H3. The van der Waals surface area contributed by atoms with Crippen LogP contribution in [0.25, 0.3) is 0 Å². The maximum atomic E-state index is 13.5. The lowest BCUT2D eigenvalue weighted by Crippen LogP contribution is -2.34. The molecule has 4 rings (SSSR count). The Bertz CT molecular complexity index is 1370. The number of nitrogens with zero attached hydrogens (tertiary/aromatic N) is 3. The van der Waals surface area contributed by atoms with E-state index in [4.69, 9.17) is 4.74 Å². The quantitative estimate of drug-likeness (QED) is 0.307. The summed E-state index contributed by atoms with van der Waals surface area (Å²) in [7, 11) is -2.16. The molecule has 0 radical (unpaired) electrons. The van der Waals surface area contributed by atoms with E-state index in [1.165, 1.54) is 0 Å². The van der Waals surface area contributed by atoms with Crippen molar-refractivity contribution in [2.24, 2.45) is 0 Å². The molecule has 36 heavy (non-hydrogen) atoms. The minimum atomic E-state index is -3.74. The monoisotopic (exact) mass is 503 g/mol. The summed E-state index contributed by atoms with van der Waals surface area (Å²) >= 11 is 0. The Hall–Kier alpha value is -3.75. The molecule has 0 saturated carbocycles. The third-order valence-electron chi connectivity index (χ3n) is 5.79. The Morgan fingerprint density at radius 3 is 2.08 bits per heavy atom. The number of methoxy groups -OCH3 is 1. The average molecular weight is 504 g/mol. The van der Waals surface area contributed by atoms with Gasteiger partial charge in [0.15, 0.2) is 0 Å². The lowest BCUT2D eigenvalue weighted by molar-refractivity contribution is 0.0675. The number of hydrogen-bond acceptors (Lipinski definition) is 5. The van der Waals surface area contributed by atoms with Crippen LogP contribution in [0.1, 0.15) is 27.2 Å². The fourth-order valence-corrected chi connectivity index (χ4v) is 5.46. The summed E-state index contributed by atoms with van der Waals surface area (Å²) in [5, 5.41) is -0.0101. The zero-order chi connectivity index (χ0) is 25.4. The molecule has 0 spiro atoms. The molecule has 0 aliphatic carbocycles. The van der Waals surface area contributed by atoms with Gasteiger partial charge in [-0.2, -0.15) is 0 Å². The zero-order valence-corrected chi connectivity index (χ0v) is 21.0. The van der Waals surface area contributed by atoms with Crippen LogP contribution in [0.15, 0.2) is 102 Å². The summed E-state index contributed by atoms with van der Waals surface area (Å²) in [6.07, 6.45) is 1.55. The first kappa shape index (κ1) is 25.3. The van der Waals surface area contributed by atoms with Gasteiger partial charge in [-0.05, 0) is 23.3 Å². The summed E-state index contributed by atoms with van der Waals surface area (Å²) < 4.78 is 33.8. The van der Waals surface area contributed by atoms with Gasteiger partial charge in [0.25, 0.3) is 5.91 Å². The molecule has 4 aromatic rings. The van der Waals surface area contributed by atoms with Gasteiger partial charge in [-0.1, -0.05) is 78.9 Å². The smallest absolute Gasteiger partial charge is 0.254 e. The van der Waals surface area contributed by atoms with E-state index in [9.17, 15) is 13.2 Å². The number of amides is 1. The molecular weight excluding hydrogens is 474 g/mol. The highest BCUT2D eigenvalue weighted by molar-refractivity contribution is 7.90. The molecule has 1 amide bonds. The average Bonchev–Trinajstić information content (AvgIpc) is 3.30. The largest absolute Gasteiger partial charge is 0.383 e. The lowest BCUT2D eigenvalue weighted by atomic mass is 10.2. The first-order valence-electron chi connectivity index (χ1n) is 11.7. The number of hydrogen-bond donors (Lipinski definition) is 0. The molecule has 7 nitrogen and oxygen atoms in total. The maximum Gasteiger partial charge on any atom is 0.254 e. The van der Waals surface area contributed by atoms with E-state index >= 15 is 0 Å². The van der Waals surface area contributed by atoms with Crippen molar-refractivity contribution in [3.63, 3.8) is 0 Å². The molecule has 1 aromatic heterocycles. The van der Waals surface area contributed by atoms with Crippen molar-refractivity contribution in [2.45, 2.75) is 24.0 Å². The van der Waals surface area contributed by atoms with Gasteiger partial charge in [-0.25, -0.2) is 13.4 Å². The van der Waals surface area contributed by atoms with E-state index in [0.29, 0.717) is 36.5 Å². The van der Waals surface area contributed by atoms with Gasteiger partial charge in [0.1, 0.15) is 0 Å². The van der Waals surface area contributed by atoms with Crippen molar-refractivity contribution in [2.75, 3.05) is 20.3 Å². The van der Waals surface area contributed by atoms with Gasteiger partial charge in [0.2, 0.25) is 15.0 Å². The van der Waals surface area contributed by atoms with Crippen molar-refractivity contribution in [1.82, 2.24) is 14.5 Å². The van der Waals surface area contributed by atoms with Gasteiger partial charge in [0.05, 0.1) is 37.3 Å². The summed E-state index contributed by atoms with van der Waals surface area (Å²) in [5.74, 6) is -0.316. The van der Waals surface area contributed by atoms with E-state index in [0.717, 1.165) is 5.56 Å². The molecule has 186 valence electrons. The Balaban J connectivity index is 1.70. The van der Waals surface area contributed by atoms with Crippen molar-refractivity contribution in [3.05, 3.63) is 120 Å². The molecule has 8 heteroatoms. The fraction of sp³-hybridized carbons (Fsp3) is 0.214. The number of rotatable bonds is 11. The predicted molar refractivity (Wildman–Crippen MR) is 138 cm³/mol. The maximum absolute atomic E-state index is 13.5. The van der Waals surface area contributed by atoms with Crippen LogP contribution in [0.4, 0.5) is 0 Å². The van der Waals surface area contributed by atoms with Gasteiger partial charge < -0.3 is 14.2 Å². The number of imidazole rings is 1. The van der Waals surface area contributed by atoms with Gasteiger partial charge in [-0.3, -0.25) is 4.79 Å². The molecule has 1 heterocycles. The fourth-order valence-electron chi connectivity index (χ4n) is 3.97. The number of sulfone groups is 1. The van der Waals surface area contributed by atoms with E-state index < -0.39 is 9.84 Å². The van der Waals surface area contributed by atoms with E-state index in [1.807, 2.05) is 66.7 Å². The Kier molecular flexibility index (Phi) is 8.30. The minimum Gasteiger partial charge on any atom is -0.383 e. The van der Waals surface area contributed by atoms with E-state index in [-0.39, 0.29) is 23.4 Å². The van der Waals surface area contributed by atoms with Crippen LogP contribution in [0.2, 0.25) is 0 Å². The van der Waals surface area contributed by atoms with Crippen molar-refractivity contribution in [3.8, 4) is 0 Å². The highest BCUT2D eigenvalue weighted by Gasteiger charge is 2.26. The van der Waals surface area contributed by atoms with Crippen molar-refractivity contribution in [1.29, 1.82) is 0 Å². The summed E-state index contributed by atoms with van der Waals surface area (Å²) in [5.41, 5.74) is 2.81. The zero-order valence-electron chi connectivity index (χ0n) is 20.2. The van der Waals surface area contributed by atoms with E-state index in [1.54, 1.807) is 47.0 Å². The molecule has 0 atom stereocenters. The highest BCUT2D eigenvalue weighted by Crippen LogP contribution is 2.21. The minimum absolute atomic E-state index is 0.0101. The number of benzene rings is 3. The van der Waals surface area contributed by atoms with E-state index in [2.05, 4.69) is 4.98 Å². The highest BCUT2D eigenvalue weighted by atomic mass is 32.2. The van der Waals surface area contributed by atoms with Gasteiger partial charge in [0, 0.05) is 19.2 Å². The molecule has 0 saturated heterocycles. The first-order chi connectivity index (χ1) is 17.5. The van der Waals surface area contributed by atoms with Crippen LogP contribution in [0.5, 0.6) is 0 Å². The molecule has 0 aliphatic heterocycles. The second-order valence-corrected chi connectivity index (χ2v) is 10.3. The van der Waals surface area contributed by atoms with Crippen LogP contribution in [0.3, 0.4) is 0 Å². The Morgan fingerprint density at radius 2 is 1.47 bits per heavy atom. The number of carbonyl (C=O) groups is 1. The molecule has 0 unspecified atom stereocenters. The van der Waals surface area contributed by atoms with Gasteiger partial charge in [-0.15, -0.1) is 0 Å². The van der Waals surface area contributed by atoms with Crippen molar-refractivity contribution >= 4 is 15.7 Å². The summed E-state index contributed by atoms with van der Waals surface area (Å²) in [4.78, 5) is 19.3. The molecule has 0 bridgehead atoms. The van der Waals surface area contributed by atoms with Crippen LogP contribution in [0, 0.1) is 0 Å². The van der Waals surface area contributed by atoms with Crippen molar-refractivity contribution < 1.29 is 17.9 Å². The lowest BCUT2D eigenvalue weighted by Gasteiger charge is -2.23. The molecule has 0 N–H and O–H groups in total. The Labute approximate surface area is 211 Å². The predicted octanol–water partition coefficient (Wildman–Crippen LogP) is 4.19. The number of ether oxygens (including phenoxy) is 1. The normalized spacial score (nSPS) is 11.4. The second-order valence-electron chi connectivity index (χ2n) is 8.43. The number of aromatic nitrogens is 2. The molecule has 0 aliphatic rings. The molecule has 0 fully saturated rings. The van der Waals surface area contributed by atoms with Crippen LogP contribution in [-0.4, -0.2) is 49.0 Å². The SMILES string of the molecule is COCCN(Cc1cnc(S(=O)(=O)Cc2ccccc2)n1Cc1ccccc1)C(=O)c1ccccc1. The summed E-state index contributed by atoms with van der Waals surface area (Å²) in [6.45, 7) is 1.21. The topological polar surface area (TPSA) is 81.5 Å². The molecule has 3 aromatic carbocycles. The van der Waals surface area contributed by atoms with Crippen LogP contribution < -0.4 is 0 Å². The summed E-state index contributed by atoms with van der Waals surface area (Å²) in [6, 6.07) is 27.7.